The third-order valence-corrected chi connectivity index (χ3v) is 3.25. The van der Waals surface area contributed by atoms with Gasteiger partial charge in [-0.2, -0.15) is 5.26 Å². The largest absolute Gasteiger partial charge is 0.487 e. The van der Waals surface area contributed by atoms with Crippen molar-refractivity contribution in [3.05, 3.63) is 64.2 Å². The van der Waals surface area contributed by atoms with Gasteiger partial charge in [0.05, 0.1) is 16.7 Å². The highest BCUT2D eigenvalue weighted by atomic mass is 35.5. The predicted molar refractivity (Wildman–Crippen MR) is 79.5 cm³/mol. The lowest BCUT2D eigenvalue weighted by Crippen LogP contribution is -2.05. The van der Waals surface area contributed by atoms with Gasteiger partial charge in [-0.1, -0.05) is 29.8 Å². The minimum atomic E-state index is -0.0555. The molecule has 0 spiro atoms. The van der Waals surface area contributed by atoms with E-state index in [0.29, 0.717) is 22.9 Å². The van der Waals surface area contributed by atoms with Gasteiger partial charge < -0.3 is 10.5 Å². The highest BCUT2D eigenvalue weighted by Crippen LogP contribution is 2.28. The van der Waals surface area contributed by atoms with Crippen molar-refractivity contribution >= 4 is 11.6 Å². The van der Waals surface area contributed by atoms with E-state index in [-0.39, 0.29) is 6.04 Å². The average molecular weight is 287 g/mol. The Morgan fingerprint density at radius 3 is 2.50 bits per heavy atom. The number of ether oxygens (including phenoxy) is 1. The summed E-state index contributed by atoms with van der Waals surface area (Å²) in [6.07, 6.45) is 0. The topological polar surface area (TPSA) is 59.0 Å². The van der Waals surface area contributed by atoms with E-state index in [0.717, 1.165) is 11.1 Å². The second kappa shape index (κ2) is 6.42. The summed E-state index contributed by atoms with van der Waals surface area (Å²) in [4.78, 5) is 0. The third-order valence-electron chi connectivity index (χ3n) is 2.96. The number of halogens is 1. The first-order valence-electron chi connectivity index (χ1n) is 6.27. The molecule has 0 aliphatic rings. The molecule has 0 fully saturated rings. The van der Waals surface area contributed by atoms with E-state index in [1.807, 2.05) is 37.3 Å². The zero-order chi connectivity index (χ0) is 14.5. The molecule has 1 atom stereocenters. The predicted octanol–water partition coefficient (Wildman–Crippen LogP) is 3.81. The maximum atomic E-state index is 8.73. The van der Waals surface area contributed by atoms with Crippen LogP contribution in [0.25, 0.3) is 0 Å². The summed E-state index contributed by atoms with van der Waals surface area (Å²) in [6.45, 7) is 2.31. The van der Waals surface area contributed by atoms with Crippen LogP contribution in [0.4, 0.5) is 0 Å². The van der Waals surface area contributed by atoms with Crippen molar-refractivity contribution in [1.29, 1.82) is 5.26 Å². The van der Waals surface area contributed by atoms with Gasteiger partial charge in [-0.05, 0) is 42.3 Å². The fraction of sp³-hybridized carbons (Fsp3) is 0.188. The molecule has 0 radical (unpaired) electrons. The van der Waals surface area contributed by atoms with E-state index in [1.54, 1.807) is 12.1 Å². The second-order valence-electron chi connectivity index (χ2n) is 4.58. The van der Waals surface area contributed by atoms with Crippen molar-refractivity contribution in [1.82, 2.24) is 0 Å². The molecule has 0 aliphatic carbocycles. The first-order chi connectivity index (χ1) is 9.60. The van der Waals surface area contributed by atoms with Crippen LogP contribution in [0.3, 0.4) is 0 Å². The first-order valence-corrected chi connectivity index (χ1v) is 6.65. The Hall–Kier alpha value is -2.02. The molecule has 3 nitrogen and oxygen atoms in total. The van der Waals surface area contributed by atoms with Gasteiger partial charge in [0.15, 0.2) is 0 Å². The van der Waals surface area contributed by atoms with Crippen LogP contribution in [0.2, 0.25) is 5.02 Å². The molecule has 0 saturated carbocycles. The molecule has 2 N–H and O–H groups in total. The molecular formula is C16H15ClN2O. The fourth-order valence-electron chi connectivity index (χ4n) is 1.75. The van der Waals surface area contributed by atoms with E-state index < -0.39 is 0 Å². The number of rotatable bonds is 4. The molecule has 0 amide bonds. The van der Waals surface area contributed by atoms with E-state index >= 15 is 0 Å². The summed E-state index contributed by atoms with van der Waals surface area (Å²) in [5, 5.41) is 9.28. The normalized spacial score (nSPS) is 11.7. The summed E-state index contributed by atoms with van der Waals surface area (Å²) >= 11 is 6.16. The summed E-state index contributed by atoms with van der Waals surface area (Å²) in [7, 11) is 0. The maximum absolute atomic E-state index is 8.73. The molecule has 2 aromatic rings. The highest BCUT2D eigenvalue weighted by Gasteiger charge is 2.06. The first kappa shape index (κ1) is 14.4. The van der Waals surface area contributed by atoms with Gasteiger partial charge in [-0.15, -0.1) is 0 Å². The highest BCUT2D eigenvalue weighted by molar-refractivity contribution is 6.32. The second-order valence-corrected chi connectivity index (χ2v) is 4.98. The van der Waals surface area contributed by atoms with Crippen molar-refractivity contribution < 1.29 is 4.74 Å². The lowest BCUT2D eigenvalue weighted by atomic mass is 10.1. The SMILES string of the molecule is C[C@@H](N)c1ccc(OCc2ccc(C#N)cc2)c(Cl)c1. The molecule has 0 aliphatic heterocycles. The van der Waals surface area contributed by atoms with Gasteiger partial charge >= 0.3 is 0 Å². The molecule has 2 aromatic carbocycles. The number of nitriles is 1. The molecule has 0 bridgehead atoms. The van der Waals surface area contributed by atoms with Crippen LogP contribution in [-0.4, -0.2) is 0 Å². The smallest absolute Gasteiger partial charge is 0.138 e. The van der Waals surface area contributed by atoms with Crippen LogP contribution in [0.1, 0.15) is 29.7 Å². The number of benzene rings is 2. The quantitative estimate of drug-likeness (QED) is 0.930. The fourth-order valence-corrected chi connectivity index (χ4v) is 2.00. The Bertz CT molecular complexity index is 630. The molecule has 0 heterocycles. The Morgan fingerprint density at radius 1 is 1.25 bits per heavy atom. The monoisotopic (exact) mass is 286 g/mol. The zero-order valence-electron chi connectivity index (χ0n) is 11.1. The van der Waals surface area contributed by atoms with Crippen LogP contribution < -0.4 is 10.5 Å². The lowest BCUT2D eigenvalue weighted by Gasteiger charge is -2.11. The summed E-state index contributed by atoms with van der Waals surface area (Å²) in [5.41, 5.74) is 8.39. The average Bonchev–Trinajstić information content (AvgIpc) is 2.46. The van der Waals surface area contributed by atoms with Crippen molar-refractivity contribution in [3.63, 3.8) is 0 Å². The van der Waals surface area contributed by atoms with Crippen LogP contribution >= 0.6 is 11.6 Å². The van der Waals surface area contributed by atoms with Gasteiger partial charge in [-0.25, -0.2) is 0 Å². The van der Waals surface area contributed by atoms with Crippen LogP contribution in [-0.2, 0) is 6.61 Å². The molecule has 2 rings (SSSR count). The van der Waals surface area contributed by atoms with E-state index in [1.165, 1.54) is 0 Å². The van der Waals surface area contributed by atoms with Crippen molar-refractivity contribution in [2.45, 2.75) is 19.6 Å². The van der Waals surface area contributed by atoms with Gasteiger partial charge in [0.2, 0.25) is 0 Å². The standard InChI is InChI=1S/C16H15ClN2O/c1-11(19)14-6-7-16(15(17)8-14)20-10-13-4-2-12(9-18)3-5-13/h2-8,11H,10,19H2,1H3/t11-/m1/s1. The third kappa shape index (κ3) is 3.51. The molecular weight excluding hydrogens is 272 g/mol. The van der Waals surface area contributed by atoms with E-state index in [9.17, 15) is 0 Å². The summed E-state index contributed by atoms with van der Waals surface area (Å²) in [6, 6.07) is 14.8. The molecule has 4 heteroatoms. The minimum absolute atomic E-state index is 0.0555. The van der Waals surface area contributed by atoms with Gasteiger partial charge in [0, 0.05) is 6.04 Å². The van der Waals surface area contributed by atoms with Crippen molar-refractivity contribution in [2.24, 2.45) is 5.73 Å². The number of hydrogen-bond acceptors (Lipinski definition) is 3. The minimum Gasteiger partial charge on any atom is -0.487 e. The van der Waals surface area contributed by atoms with Crippen LogP contribution in [0.15, 0.2) is 42.5 Å². The summed E-state index contributed by atoms with van der Waals surface area (Å²) < 4.78 is 5.68. The number of nitrogens with two attached hydrogens (primary N) is 1. The molecule has 0 aromatic heterocycles. The number of hydrogen-bond donors (Lipinski definition) is 1. The van der Waals surface area contributed by atoms with Gasteiger partial charge in [0.25, 0.3) is 0 Å². The van der Waals surface area contributed by atoms with Crippen LogP contribution in [0.5, 0.6) is 5.75 Å². The molecule has 20 heavy (non-hydrogen) atoms. The Labute approximate surface area is 123 Å². The van der Waals surface area contributed by atoms with Gasteiger partial charge in [-0.3, -0.25) is 0 Å². The maximum Gasteiger partial charge on any atom is 0.138 e. The summed E-state index contributed by atoms with van der Waals surface area (Å²) in [5.74, 6) is 0.625. The van der Waals surface area contributed by atoms with Crippen molar-refractivity contribution in [2.75, 3.05) is 0 Å². The Balaban J connectivity index is 2.05. The molecule has 102 valence electrons. The Kier molecular flexibility index (Phi) is 4.62. The molecule has 0 saturated heterocycles. The lowest BCUT2D eigenvalue weighted by molar-refractivity contribution is 0.306. The van der Waals surface area contributed by atoms with E-state index in [4.69, 9.17) is 27.3 Å². The van der Waals surface area contributed by atoms with Gasteiger partial charge in [0.1, 0.15) is 12.4 Å². The van der Waals surface area contributed by atoms with E-state index in [2.05, 4.69) is 6.07 Å². The Morgan fingerprint density at radius 2 is 1.95 bits per heavy atom. The zero-order valence-corrected chi connectivity index (χ0v) is 11.9. The van der Waals surface area contributed by atoms with Crippen molar-refractivity contribution in [3.8, 4) is 11.8 Å². The number of nitrogens with zero attached hydrogens (tertiary/aromatic N) is 1. The van der Waals surface area contributed by atoms with Crippen LogP contribution in [0, 0.1) is 11.3 Å². The molecule has 0 unspecified atom stereocenters.